The standard InChI is InChI=1S/C26H24N6O8/c33-13-16(10-23(37)38)28-21(35)12-32-20-6-2-1-5-19(20)31(22(36)14-34)11-18(26(32)40)30-25(39)17-8-7-15-4-3-9-27-24(15)29-17/h1-9,13,16,18,34H,10-12,14H2,(H,28,35)(H,30,39)(H,37,38). The number of aliphatic hydroxyl groups excluding tert-OH is 1. The third kappa shape index (κ3) is 6.07. The molecule has 3 heterocycles. The maximum atomic E-state index is 13.7. The number of anilines is 2. The molecule has 4 amide bonds. The number of amides is 4. The summed E-state index contributed by atoms with van der Waals surface area (Å²) in [7, 11) is 0. The molecule has 2 atom stereocenters. The van der Waals surface area contributed by atoms with E-state index in [9.17, 15) is 33.9 Å². The van der Waals surface area contributed by atoms with E-state index in [-0.39, 0.29) is 29.9 Å². The molecule has 14 nitrogen and oxygen atoms in total. The highest BCUT2D eigenvalue weighted by Crippen LogP contribution is 2.33. The van der Waals surface area contributed by atoms with Gasteiger partial charge >= 0.3 is 5.97 Å². The van der Waals surface area contributed by atoms with Gasteiger partial charge in [0.1, 0.15) is 31.2 Å². The summed E-state index contributed by atoms with van der Waals surface area (Å²) < 4.78 is 0. The highest BCUT2D eigenvalue weighted by Gasteiger charge is 2.38. The third-order valence-electron chi connectivity index (χ3n) is 6.04. The first-order valence-corrected chi connectivity index (χ1v) is 12.0. The van der Waals surface area contributed by atoms with Gasteiger partial charge in [-0.25, -0.2) is 9.97 Å². The molecule has 4 rings (SSSR count). The van der Waals surface area contributed by atoms with Crippen LogP contribution in [0.1, 0.15) is 16.9 Å². The van der Waals surface area contributed by atoms with Crippen LogP contribution in [0.5, 0.6) is 0 Å². The number of aromatic nitrogens is 2. The number of pyridine rings is 2. The summed E-state index contributed by atoms with van der Waals surface area (Å²) in [5, 5.41) is 24.0. The minimum Gasteiger partial charge on any atom is -0.481 e. The van der Waals surface area contributed by atoms with Gasteiger partial charge in [0.15, 0.2) is 5.65 Å². The Bertz CT molecular complexity index is 1490. The van der Waals surface area contributed by atoms with Gasteiger partial charge < -0.3 is 30.5 Å². The van der Waals surface area contributed by atoms with E-state index in [0.717, 1.165) is 9.80 Å². The molecular formula is C26H24N6O8. The Morgan fingerprint density at radius 2 is 1.82 bits per heavy atom. The predicted molar refractivity (Wildman–Crippen MR) is 139 cm³/mol. The number of aldehydes is 1. The smallest absolute Gasteiger partial charge is 0.305 e. The van der Waals surface area contributed by atoms with Crippen LogP contribution in [0.2, 0.25) is 0 Å². The van der Waals surface area contributed by atoms with Gasteiger partial charge in [0.2, 0.25) is 5.91 Å². The zero-order valence-corrected chi connectivity index (χ0v) is 20.9. The highest BCUT2D eigenvalue weighted by atomic mass is 16.4. The van der Waals surface area contributed by atoms with E-state index in [1.165, 1.54) is 24.4 Å². The Kier molecular flexibility index (Phi) is 8.39. The van der Waals surface area contributed by atoms with Gasteiger partial charge in [-0.15, -0.1) is 0 Å². The van der Waals surface area contributed by atoms with Crippen molar-refractivity contribution in [2.75, 3.05) is 29.5 Å². The minimum atomic E-state index is -1.38. The van der Waals surface area contributed by atoms with Crippen molar-refractivity contribution in [1.82, 2.24) is 20.6 Å². The van der Waals surface area contributed by atoms with E-state index >= 15 is 0 Å². The molecule has 14 heteroatoms. The van der Waals surface area contributed by atoms with Crippen molar-refractivity contribution in [3.05, 3.63) is 60.4 Å². The summed E-state index contributed by atoms with van der Waals surface area (Å²) in [6, 6.07) is 9.93. The van der Waals surface area contributed by atoms with E-state index in [0.29, 0.717) is 11.0 Å². The lowest BCUT2D eigenvalue weighted by molar-refractivity contribution is -0.139. The van der Waals surface area contributed by atoms with Crippen molar-refractivity contribution in [1.29, 1.82) is 0 Å². The molecule has 0 spiro atoms. The van der Waals surface area contributed by atoms with Crippen LogP contribution in [0.25, 0.3) is 11.0 Å². The summed E-state index contributed by atoms with van der Waals surface area (Å²) in [5.74, 6) is -4.45. The molecule has 0 saturated carbocycles. The number of benzene rings is 1. The summed E-state index contributed by atoms with van der Waals surface area (Å²) in [6.45, 7) is -1.93. The number of nitrogens with one attached hydrogen (secondary N) is 2. The van der Waals surface area contributed by atoms with Crippen molar-refractivity contribution in [3.63, 3.8) is 0 Å². The Morgan fingerprint density at radius 1 is 1.07 bits per heavy atom. The average Bonchev–Trinajstić information content (AvgIpc) is 3.06. The lowest BCUT2D eigenvalue weighted by Crippen LogP contribution is -2.55. The number of para-hydroxylation sites is 2. The zero-order valence-electron chi connectivity index (χ0n) is 20.9. The van der Waals surface area contributed by atoms with E-state index in [4.69, 9.17) is 5.11 Å². The van der Waals surface area contributed by atoms with Crippen LogP contribution in [-0.2, 0) is 24.0 Å². The predicted octanol–water partition coefficient (Wildman–Crippen LogP) is -0.741. The Labute approximate surface area is 226 Å². The first kappa shape index (κ1) is 27.8. The van der Waals surface area contributed by atoms with Crippen LogP contribution >= 0.6 is 0 Å². The number of fused-ring (bicyclic) bond motifs is 2. The summed E-state index contributed by atoms with van der Waals surface area (Å²) in [4.78, 5) is 85.1. The van der Waals surface area contributed by atoms with Crippen LogP contribution in [0, 0.1) is 0 Å². The number of carbonyl (C=O) groups is 6. The molecular weight excluding hydrogens is 524 g/mol. The summed E-state index contributed by atoms with van der Waals surface area (Å²) in [5.41, 5.74) is 0.559. The van der Waals surface area contributed by atoms with Gasteiger partial charge in [-0.05, 0) is 36.4 Å². The van der Waals surface area contributed by atoms with Crippen molar-refractivity contribution in [2.24, 2.45) is 0 Å². The molecule has 2 unspecified atom stereocenters. The number of hydrogen-bond donors (Lipinski definition) is 4. The minimum absolute atomic E-state index is 0.0485. The molecule has 0 saturated heterocycles. The molecule has 206 valence electrons. The second-order valence-electron chi connectivity index (χ2n) is 8.76. The van der Waals surface area contributed by atoms with E-state index in [2.05, 4.69) is 20.6 Å². The Morgan fingerprint density at radius 3 is 2.52 bits per heavy atom. The van der Waals surface area contributed by atoms with E-state index in [1.807, 2.05) is 0 Å². The fourth-order valence-corrected chi connectivity index (χ4v) is 4.21. The molecule has 0 aliphatic carbocycles. The molecule has 4 N–H and O–H groups in total. The normalized spacial score (nSPS) is 15.5. The van der Waals surface area contributed by atoms with Gasteiger partial charge in [-0.2, -0.15) is 0 Å². The number of aliphatic hydroxyl groups is 1. The lowest BCUT2D eigenvalue weighted by Gasteiger charge is -2.25. The fraction of sp³-hybridized carbons (Fsp3) is 0.231. The number of hydrogen-bond acceptors (Lipinski definition) is 9. The number of carbonyl (C=O) groups excluding carboxylic acids is 5. The molecule has 0 radical (unpaired) electrons. The fourth-order valence-electron chi connectivity index (χ4n) is 4.21. The van der Waals surface area contributed by atoms with Crippen LogP contribution in [0.4, 0.5) is 11.4 Å². The number of carboxylic acid groups (broad SMARTS) is 1. The Balaban J connectivity index is 1.66. The van der Waals surface area contributed by atoms with Crippen LogP contribution < -0.4 is 20.4 Å². The van der Waals surface area contributed by atoms with Gasteiger partial charge in [-0.3, -0.25) is 28.9 Å². The molecule has 1 aromatic carbocycles. The topological polar surface area (TPSA) is 199 Å². The monoisotopic (exact) mass is 548 g/mol. The molecule has 0 fully saturated rings. The molecule has 3 aromatic rings. The largest absolute Gasteiger partial charge is 0.481 e. The van der Waals surface area contributed by atoms with Gasteiger partial charge in [-0.1, -0.05) is 12.1 Å². The van der Waals surface area contributed by atoms with E-state index < -0.39 is 61.3 Å². The van der Waals surface area contributed by atoms with Crippen molar-refractivity contribution in [3.8, 4) is 0 Å². The quantitative estimate of drug-likeness (QED) is 0.247. The van der Waals surface area contributed by atoms with Crippen molar-refractivity contribution >= 4 is 58.3 Å². The van der Waals surface area contributed by atoms with Crippen LogP contribution in [0.15, 0.2) is 54.7 Å². The van der Waals surface area contributed by atoms with Gasteiger partial charge in [0.25, 0.3) is 17.7 Å². The van der Waals surface area contributed by atoms with E-state index in [1.54, 1.807) is 30.3 Å². The number of aliphatic carboxylic acids is 1. The maximum absolute atomic E-state index is 13.7. The summed E-state index contributed by atoms with van der Waals surface area (Å²) in [6.07, 6.45) is 1.11. The van der Waals surface area contributed by atoms with Crippen molar-refractivity contribution < 1.29 is 39.0 Å². The highest BCUT2D eigenvalue weighted by molar-refractivity contribution is 6.11. The molecule has 2 aromatic heterocycles. The first-order chi connectivity index (χ1) is 19.2. The van der Waals surface area contributed by atoms with Crippen LogP contribution in [-0.4, -0.2) is 87.8 Å². The maximum Gasteiger partial charge on any atom is 0.305 e. The lowest BCUT2D eigenvalue weighted by atomic mass is 10.2. The molecule has 1 aliphatic heterocycles. The molecule has 0 bridgehead atoms. The first-order valence-electron chi connectivity index (χ1n) is 12.0. The average molecular weight is 549 g/mol. The Hall–Kier alpha value is -5.24. The van der Waals surface area contributed by atoms with Gasteiger partial charge in [0.05, 0.1) is 30.4 Å². The molecule has 1 aliphatic rings. The number of nitrogens with zero attached hydrogens (tertiary/aromatic N) is 4. The van der Waals surface area contributed by atoms with Crippen molar-refractivity contribution in [2.45, 2.75) is 18.5 Å². The second kappa shape index (κ2) is 12.1. The number of rotatable bonds is 9. The SMILES string of the molecule is O=CC(CC(=O)O)NC(=O)CN1C(=O)C(NC(=O)c2ccc3cccnc3n2)CN(C(=O)CO)c2ccccc21. The third-order valence-corrected chi connectivity index (χ3v) is 6.04. The number of carboxylic acids is 1. The van der Waals surface area contributed by atoms with Crippen LogP contribution in [0.3, 0.4) is 0 Å². The summed E-state index contributed by atoms with van der Waals surface area (Å²) >= 11 is 0. The van der Waals surface area contributed by atoms with Gasteiger partial charge in [0, 0.05) is 11.6 Å². The second-order valence-corrected chi connectivity index (χ2v) is 8.76. The zero-order chi connectivity index (χ0) is 28.8. The molecule has 40 heavy (non-hydrogen) atoms.